The molecule has 1 aliphatic heterocycles. The number of hydrogen-bond donors (Lipinski definition) is 1. The van der Waals surface area contributed by atoms with Crippen LogP contribution in [-0.2, 0) is 4.74 Å². The van der Waals surface area contributed by atoms with Crippen LogP contribution < -0.4 is 5.32 Å². The van der Waals surface area contributed by atoms with Crippen molar-refractivity contribution in [1.29, 1.82) is 0 Å². The van der Waals surface area contributed by atoms with Crippen LogP contribution in [0.1, 0.15) is 20.8 Å². The summed E-state index contributed by atoms with van der Waals surface area (Å²) in [7, 11) is 0. The van der Waals surface area contributed by atoms with Gasteiger partial charge in [0.15, 0.2) is 0 Å². The lowest BCUT2D eigenvalue weighted by molar-refractivity contribution is 0.0276. The first-order valence-corrected chi connectivity index (χ1v) is 8.01. The van der Waals surface area contributed by atoms with Crippen LogP contribution >= 0.6 is 11.8 Å². The molecule has 114 valence electrons. The van der Waals surface area contributed by atoms with Crippen LogP contribution in [0.2, 0.25) is 0 Å². The van der Waals surface area contributed by atoms with E-state index in [4.69, 9.17) is 4.74 Å². The summed E-state index contributed by atoms with van der Waals surface area (Å²) < 4.78 is 5.37. The molecule has 0 atom stereocenters. The second-order valence-electron chi connectivity index (χ2n) is 5.52. The van der Waals surface area contributed by atoms with Gasteiger partial charge in [-0.2, -0.15) is 11.8 Å². The van der Waals surface area contributed by atoms with Crippen molar-refractivity contribution in [3.63, 3.8) is 0 Å². The fraction of sp³-hybridized carbons (Fsp3) is 0.714. The van der Waals surface area contributed by atoms with E-state index >= 15 is 0 Å². The van der Waals surface area contributed by atoms with E-state index in [2.05, 4.69) is 16.9 Å². The van der Waals surface area contributed by atoms with Crippen molar-refractivity contribution in [2.24, 2.45) is 4.99 Å². The Bertz CT molecular complexity index is 364. The van der Waals surface area contributed by atoms with E-state index in [1.807, 2.05) is 38.6 Å². The SMILES string of the molecule is C=CCSCCNC1=NCCN(C(=O)OC(C)(C)C)C1. The third-order valence-corrected chi connectivity index (χ3v) is 3.44. The first-order chi connectivity index (χ1) is 9.42. The number of ether oxygens (including phenoxy) is 1. The Hall–Kier alpha value is -1.17. The summed E-state index contributed by atoms with van der Waals surface area (Å²) in [6.45, 7) is 11.9. The molecule has 0 aromatic carbocycles. The highest BCUT2D eigenvalue weighted by Gasteiger charge is 2.24. The van der Waals surface area contributed by atoms with Crippen LogP contribution in [-0.4, -0.2) is 60.1 Å². The summed E-state index contributed by atoms with van der Waals surface area (Å²) in [6.07, 6.45) is 1.63. The van der Waals surface area contributed by atoms with E-state index < -0.39 is 5.60 Å². The van der Waals surface area contributed by atoms with Crippen LogP contribution in [0.3, 0.4) is 0 Å². The molecular formula is C14H25N3O2S. The minimum Gasteiger partial charge on any atom is -0.444 e. The summed E-state index contributed by atoms with van der Waals surface area (Å²) in [4.78, 5) is 18.1. The van der Waals surface area contributed by atoms with Crippen molar-refractivity contribution < 1.29 is 9.53 Å². The zero-order valence-corrected chi connectivity index (χ0v) is 13.5. The number of amidine groups is 1. The van der Waals surface area contributed by atoms with Gasteiger partial charge >= 0.3 is 6.09 Å². The lowest BCUT2D eigenvalue weighted by atomic mass is 10.2. The zero-order chi connectivity index (χ0) is 15.0. The molecule has 0 bridgehead atoms. The topological polar surface area (TPSA) is 53.9 Å². The monoisotopic (exact) mass is 299 g/mol. The maximum absolute atomic E-state index is 12.0. The van der Waals surface area contributed by atoms with Gasteiger partial charge < -0.3 is 10.1 Å². The summed E-state index contributed by atoms with van der Waals surface area (Å²) in [5.74, 6) is 2.82. The summed E-state index contributed by atoms with van der Waals surface area (Å²) in [5, 5.41) is 3.27. The lowest BCUT2D eigenvalue weighted by Gasteiger charge is -2.29. The molecule has 0 aromatic heterocycles. The number of nitrogens with zero attached hydrogens (tertiary/aromatic N) is 2. The molecule has 20 heavy (non-hydrogen) atoms. The average molecular weight is 299 g/mol. The van der Waals surface area contributed by atoms with Crippen molar-refractivity contribution in [2.45, 2.75) is 26.4 Å². The second-order valence-corrected chi connectivity index (χ2v) is 6.67. The molecule has 0 aromatic rings. The molecule has 0 radical (unpaired) electrons. The third-order valence-electron chi connectivity index (χ3n) is 2.48. The lowest BCUT2D eigenvalue weighted by Crippen LogP contribution is -2.47. The van der Waals surface area contributed by atoms with Crippen molar-refractivity contribution in [2.75, 3.05) is 37.7 Å². The molecule has 0 unspecified atom stereocenters. The van der Waals surface area contributed by atoms with Crippen LogP contribution in [0, 0.1) is 0 Å². The van der Waals surface area contributed by atoms with Crippen molar-refractivity contribution >= 4 is 23.7 Å². The predicted molar refractivity (Wildman–Crippen MR) is 85.6 cm³/mol. The van der Waals surface area contributed by atoms with E-state index in [0.29, 0.717) is 19.6 Å². The van der Waals surface area contributed by atoms with Crippen LogP contribution in [0.4, 0.5) is 4.79 Å². The van der Waals surface area contributed by atoms with Crippen LogP contribution in [0.25, 0.3) is 0 Å². The molecular weight excluding hydrogens is 274 g/mol. The Morgan fingerprint density at radius 2 is 2.35 bits per heavy atom. The quantitative estimate of drug-likeness (QED) is 0.624. The Labute approximate surface area is 125 Å². The molecule has 0 saturated carbocycles. The minimum absolute atomic E-state index is 0.271. The highest BCUT2D eigenvalue weighted by Crippen LogP contribution is 2.11. The van der Waals surface area contributed by atoms with E-state index in [0.717, 1.165) is 23.9 Å². The second kappa shape index (κ2) is 8.19. The van der Waals surface area contributed by atoms with Crippen molar-refractivity contribution in [3.05, 3.63) is 12.7 Å². The number of thioether (sulfide) groups is 1. The predicted octanol–water partition coefficient (Wildman–Crippen LogP) is 2.14. The van der Waals surface area contributed by atoms with E-state index in [1.165, 1.54) is 0 Å². The Morgan fingerprint density at radius 3 is 3.00 bits per heavy atom. The molecule has 1 heterocycles. The maximum atomic E-state index is 12.0. The van der Waals surface area contributed by atoms with Gasteiger partial charge in [-0.05, 0) is 20.8 Å². The van der Waals surface area contributed by atoms with E-state index in [9.17, 15) is 4.79 Å². The van der Waals surface area contributed by atoms with Crippen molar-refractivity contribution in [3.8, 4) is 0 Å². The fourth-order valence-corrected chi connectivity index (χ4v) is 2.22. The van der Waals surface area contributed by atoms with Gasteiger partial charge in [-0.3, -0.25) is 9.89 Å². The number of hydrogen-bond acceptors (Lipinski definition) is 5. The number of aliphatic imine (C=N–C) groups is 1. The van der Waals surface area contributed by atoms with Gasteiger partial charge in [0, 0.05) is 24.6 Å². The highest BCUT2D eigenvalue weighted by molar-refractivity contribution is 7.99. The number of rotatable bonds is 5. The molecule has 0 saturated heterocycles. The van der Waals surface area contributed by atoms with Crippen molar-refractivity contribution in [1.82, 2.24) is 10.2 Å². The summed E-state index contributed by atoms with van der Waals surface area (Å²) in [6, 6.07) is 0. The number of amides is 1. The van der Waals surface area contributed by atoms with Gasteiger partial charge in [0.05, 0.1) is 13.1 Å². The Morgan fingerprint density at radius 1 is 1.60 bits per heavy atom. The smallest absolute Gasteiger partial charge is 0.410 e. The Balaban J connectivity index is 2.32. The molecule has 0 fully saturated rings. The number of carbonyl (C=O) groups excluding carboxylic acids is 1. The molecule has 1 rings (SSSR count). The molecule has 6 heteroatoms. The molecule has 1 aliphatic rings. The third kappa shape index (κ3) is 6.84. The first kappa shape index (κ1) is 16.9. The standard InChI is InChI=1S/C14H25N3O2S/c1-5-9-20-10-7-16-12-11-17(8-6-15-12)13(18)19-14(2,3)4/h5H,1,6-11H2,2-4H3,(H,15,16). The summed E-state index contributed by atoms with van der Waals surface area (Å²) in [5.41, 5.74) is -0.458. The molecule has 1 N–H and O–H groups in total. The van der Waals surface area contributed by atoms with E-state index in [1.54, 1.807) is 4.90 Å². The first-order valence-electron chi connectivity index (χ1n) is 6.86. The fourth-order valence-electron chi connectivity index (χ4n) is 1.64. The van der Waals surface area contributed by atoms with Crippen LogP contribution in [0.5, 0.6) is 0 Å². The van der Waals surface area contributed by atoms with Gasteiger partial charge in [0.25, 0.3) is 0 Å². The highest BCUT2D eigenvalue weighted by atomic mass is 32.2. The summed E-state index contributed by atoms with van der Waals surface area (Å²) >= 11 is 1.82. The largest absolute Gasteiger partial charge is 0.444 e. The molecule has 0 aliphatic carbocycles. The molecule has 1 amide bonds. The number of carbonyl (C=O) groups is 1. The molecule has 0 spiro atoms. The van der Waals surface area contributed by atoms with E-state index in [-0.39, 0.29) is 6.09 Å². The number of nitrogens with one attached hydrogen (secondary N) is 1. The molecule has 5 nitrogen and oxygen atoms in total. The zero-order valence-electron chi connectivity index (χ0n) is 12.6. The van der Waals surface area contributed by atoms with Crippen LogP contribution in [0.15, 0.2) is 17.6 Å². The minimum atomic E-state index is -0.458. The Kier molecular flexibility index (Phi) is 6.91. The van der Waals surface area contributed by atoms with Gasteiger partial charge in [0.2, 0.25) is 0 Å². The average Bonchev–Trinajstić information content (AvgIpc) is 2.37. The van der Waals surface area contributed by atoms with Gasteiger partial charge in [-0.25, -0.2) is 4.79 Å². The normalized spacial score (nSPS) is 15.6. The van der Waals surface area contributed by atoms with Gasteiger partial charge in [-0.15, -0.1) is 6.58 Å². The van der Waals surface area contributed by atoms with Gasteiger partial charge in [-0.1, -0.05) is 6.08 Å². The maximum Gasteiger partial charge on any atom is 0.410 e. The van der Waals surface area contributed by atoms with Gasteiger partial charge in [0.1, 0.15) is 11.4 Å².